The molecule has 2 aliphatic rings. The fourth-order valence-corrected chi connectivity index (χ4v) is 4.77. The topological polar surface area (TPSA) is 0 Å². The molecule has 116 valence electrons. The summed E-state index contributed by atoms with van der Waals surface area (Å²) >= 11 is 12.3. The van der Waals surface area contributed by atoms with Gasteiger partial charge in [-0.2, -0.15) is 0 Å². The molecule has 0 aliphatic heterocycles. The molecule has 0 radical (unpaired) electrons. The van der Waals surface area contributed by atoms with Crippen LogP contribution in [0.3, 0.4) is 0 Å². The molecule has 1 aromatic rings. The summed E-state index contributed by atoms with van der Waals surface area (Å²) in [7, 11) is 0. The van der Waals surface area contributed by atoms with E-state index < -0.39 is 0 Å². The number of halogens is 2. The highest BCUT2D eigenvalue weighted by molar-refractivity contribution is 6.42. The zero-order valence-electron chi connectivity index (χ0n) is 13.0. The van der Waals surface area contributed by atoms with Gasteiger partial charge in [-0.3, -0.25) is 0 Å². The maximum absolute atomic E-state index is 6.24. The third kappa shape index (κ3) is 3.27. The van der Waals surface area contributed by atoms with E-state index in [4.69, 9.17) is 23.2 Å². The molecule has 1 aromatic carbocycles. The van der Waals surface area contributed by atoms with Gasteiger partial charge in [-0.25, -0.2) is 0 Å². The second-order valence-corrected chi connectivity index (χ2v) is 7.99. The zero-order valence-corrected chi connectivity index (χ0v) is 14.5. The smallest absolute Gasteiger partial charge is 0.0595 e. The fourth-order valence-electron chi connectivity index (χ4n) is 4.47. The number of fused-ring (bicyclic) bond motifs is 1. The van der Waals surface area contributed by atoms with Crippen molar-refractivity contribution in [2.24, 2.45) is 11.8 Å². The Morgan fingerprint density at radius 1 is 1.19 bits per heavy atom. The van der Waals surface area contributed by atoms with E-state index in [0.29, 0.717) is 10.4 Å². The van der Waals surface area contributed by atoms with Gasteiger partial charge in [0, 0.05) is 0 Å². The van der Waals surface area contributed by atoms with Crippen molar-refractivity contribution in [1.29, 1.82) is 0 Å². The summed E-state index contributed by atoms with van der Waals surface area (Å²) in [5.41, 5.74) is 1.88. The van der Waals surface area contributed by atoms with Gasteiger partial charge >= 0.3 is 0 Å². The summed E-state index contributed by atoms with van der Waals surface area (Å²) in [5.74, 6) is 1.86. The third-order valence-electron chi connectivity index (χ3n) is 5.80. The van der Waals surface area contributed by atoms with Gasteiger partial charge in [-0.15, -0.1) is 0 Å². The Morgan fingerprint density at radius 2 is 2.05 bits per heavy atom. The number of unbranched alkanes of at least 4 members (excludes halogenated alkanes) is 2. The van der Waals surface area contributed by atoms with Gasteiger partial charge in [0.15, 0.2) is 0 Å². The second-order valence-electron chi connectivity index (χ2n) is 7.18. The van der Waals surface area contributed by atoms with E-state index >= 15 is 0 Å². The van der Waals surface area contributed by atoms with Gasteiger partial charge in [0.25, 0.3) is 0 Å². The standard InChI is InChI=1S/C19H26Cl2/c1-2-3-4-6-14-7-5-10-19(13-16(19)11-14)15-8-9-17(20)18(21)12-15/h8-9,12,14,16H,2-7,10-11,13H2,1H3. The van der Waals surface area contributed by atoms with Crippen molar-refractivity contribution in [3.05, 3.63) is 33.8 Å². The van der Waals surface area contributed by atoms with Crippen LogP contribution in [0, 0.1) is 11.8 Å². The zero-order chi connectivity index (χ0) is 14.9. The van der Waals surface area contributed by atoms with Crippen LogP contribution in [0.25, 0.3) is 0 Å². The minimum atomic E-state index is 0.438. The second kappa shape index (κ2) is 6.50. The summed E-state index contributed by atoms with van der Waals surface area (Å²) in [6.45, 7) is 2.29. The van der Waals surface area contributed by atoms with E-state index in [2.05, 4.69) is 19.1 Å². The molecule has 2 aliphatic carbocycles. The van der Waals surface area contributed by atoms with Crippen molar-refractivity contribution < 1.29 is 0 Å². The normalized spacial score (nSPS) is 31.6. The van der Waals surface area contributed by atoms with Crippen LogP contribution in [0.4, 0.5) is 0 Å². The fraction of sp³-hybridized carbons (Fsp3) is 0.684. The first kappa shape index (κ1) is 15.7. The monoisotopic (exact) mass is 324 g/mol. The average Bonchev–Trinajstić information content (AvgIpc) is 3.17. The molecule has 0 amide bonds. The average molecular weight is 325 g/mol. The van der Waals surface area contributed by atoms with Crippen molar-refractivity contribution in [1.82, 2.24) is 0 Å². The molecule has 2 fully saturated rings. The van der Waals surface area contributed by atoms with Gasteiger partial charge in [0.2, 0.25) is 0 Å². The van der Waals surface area contributed by atoms with E-state index in [0.717, 1.165) is 16.9 Å². The van der Waals surface area contributed by atoms with E-state index in [1.807, 2.05) is 6.07 Å². The number of hydrogen-bond donors (Lipinski definition) is 0. The van der Waals surface area contributed by atoms with Crippen LogP contribution in [0.2, 0.25) is 10.0 Å². The molecule has 0 nitrogen and oxygen atoms in total. The molecule has 3 unspecified atom stereocenters. The van der Waals surface area contributed by atoms with Crippen LogP contribution < -0.4 is 0 Å². The quantitative estimate of drug-likeness (QED) is 0.510. The van der Waals surface area contributed by atoms with E-state index in [1.165, 1.54) is 63.4 Å². The number of benzene rings is 1. The lowest BCUT2D eigenvalue weighted by atomic mass is 9.89. The maximum atomic E-state index is 6.24. The van der Waals surface area contributed by atoms with Crippen molar-refractivity contribution in [3.8, 4) is 0 Å². The molecule has 2 heteroatoms. The summed E-state index contributed by atoms with van der Waals surface area (Å²) in [4.78, 5) is 0. The van der Waals surface area contributed by atoms with Crippen LogP contribution in [0.1, 0.15) is 70.3 Å². The minimum Gasteiger partial charge on any atom is -0.0827 e. The molecule has 3 atom stereocenters. The summed E-state index contributed by atoms with van der Waals surface area (Å²) in [6.07, 6.45) is 12.6. The van der Waals surface area contributed by atoms with Gasteiger partial charge < -0.3 is 0 Å². The Morgan fingerprint density at radius 3 is 2.81 bits per heavy atom. The highest BCUT2D eigenvalue weighted by Crippen LogP contribution is 2.62. The van der Waals surface area contributed by atoms with Crippen molar-refractivity contribution in [3.63, 3.8) is 0 Å². The van der Waals surface area contributed by atoms with Gasteiger partial charge in [0.1, 0.15) is 0 Å². The van der Waals surface area contributed by atoms with Crippen LogP contribution >= 0.6 is 23.2 Å². The Labute approximate surface area is 139 Å². The first-order chi connectivity index (χ1) is 10.2. The van der Waals surface area contributed by atoms with Crippen molar-refractivity contribution in [2.45, 2.75) is 70.1 Å². The largest absolute Gasteiger partial charge is 0.0827 e. The number of rotatable bonds is 5. The molecule has 0 saturated heterocycles. The molecule has 0 spiro atoms. The highest BCUT2D eigenvalue weighted by atomic mass is 35.5. The molecule has 0 N–H and O–H groups in total. The van der Waals surface area contributed by atoms with Gasteiger partial charge in [0.05, 0.1) is 10.0 Å². The van der Waals surface area contributed by atoms with Crippen LogP contribution in [-0.4, -0.2) is 0 Å². The Balaban J connectivity index is 1.67. The van der Waals surface area contributed by atoms with Crippen molar-refractivity contribution in [2.75, 3.05) is 0 Å². The van der Waals surface area contributed by atoms with Gasteiger partial charge in [-0.1, -0.05) is 74.7 Å². The highest BCUT2D eigenvalue weighted by Gasteiger charge is 2.55. The maximum Gasteiger partial charge on any atom is 0.0595 e. The van der Waals surface area contributed by atoms with E-state index in [1.54, 1.807) is 0 Å². The molecule has 3 rings (SSSR count). The predicted molar refractivity (Wildman–Crippen MR) is 92.3 cm³/mol. The van der Waals surface area contributed by atoms with Crippen LogP contribution in [-0.2, 0) is 5.41 Å². The molecular formula is C19H26Cl2. The molecular weight excluding hydrogens is 299 g/mol. The summed E-state index contributed by atoms with van der Waals surface area (Å²) in [5, 5.41) is 1.40. The Bertz CT molecular complexity index is 496. The molecule has 21 heavy (non-hydrogen) atoms. The van der Waals surface area contributed by atoms with E-state index in [9.17, 15) is 0 Å². The minimum absolute atomic E-state index is 0.438. The molecule has 0 bridgehead atoms. The Kier molecular flexibility index (Phi) is 4.86. The van der Waals surface area contributed by atoms with Gasteiger partial charge in [-0.05, 0) is 54.2 Å². The molecule has 2 saturated carbocycles. The SMILES string of the molecule is CCCCCC1CCCC2(c3ccc(Cl)c(Cl)c3)CC2C1. The summed E-state index contributed by atoms with van der Waals surface area (Å²) in [6, 6.07) is 6.32. The van der Waals surface area contributed by atoms with Crippen LogP contribution in [0.5, 0.6) is 0 Å². The van der Waals surface area contributed by atoms with Crippen molar-refractivity contribution >= 4 is 23.2 Å². The van der Waals surface area contributed by atoms with E-state index in [-0.39, 0.29) is 0 Å². The lowest BCUT2D eigenvalue weighted by Crippen LogP contribution is -2.09. The summed E-state index contributed by atoms with van der Waals surface area (Å²) < 4.78 is 0. The third-order valence-corrected chi connectivity index (χ3v) is 6.53. The number of hydrogen-bond acceptors (Lipinski definition) is 0. The molecule has 0 heterocycles. The predicted octanol–water partition coefficient (Wildman–Crippen LogP) is 7.02. The van der Waals surface area contributed by atoms with Crippen LogP contribution in [0.15, 0.2) is 18.2 Å². The molecule has 0 aromatic heterocycles. The first-order valence-electron chi connectivity index (χ1n) is 8.61. The lowest BCUT2D eigenvalue weighted by Gasteiger charge is -2.16. The first-order valence-corrected chi connectivity index (χ1v) is 9.37. The Hall–Kier alpha value is -0.200. The lowest BCUT2D eigenvalue weighted by molar-refractivity contribution is 0.389.